The van der Waals surface area contributed by atoms with E-state index in [1.54, 1.807) is 0 Å². The molecule has 2 aliphatic rings. The zero-order chi connectivity index (χ0) is 14.4. The Morgan fingerprint density at radius 2 is 2.15 bits per heavy atom. The molecule has 1 heterocycles. The minimum atomic E-state index is 0.281. The Labute approximate surface area is 125 Å². The van der Waals surface area contributed by atoms with Crippen LogP contribution in [0.2, 0.25) is 0 Å². The van der Waals surface area contributed by atoms with Crippen molar-refractivity contribution in [2.75, 3.05) is 26.2 Å². The maximum absolute atomic E-state index is 6.20. The first-order chi connectivity index (χ1) is 9.70. The number of hydrogen-bond donors (Lipinski definition) is 1. The summed E-state index contributed by atoms with van der Waals surface area (Å²) < 4.78 is 5.74. The van der Waals surface area contributed by atoms with E-state index in [0.717, 1.165) is 25.6 Å². The van der Waals surface area contributed by atoms with E-state index in [1.165, 1.54) is 57.9 Å². The van der Waals surface area contributed by atoms with E-state index in [0.29, 0.717) is 6.10 Å². The smallest absolute Gasteiger partial charge is 0.0576 e. The van der Waals surface area contributed by atoms with Crippen molar-refractivity contribution < 1.29 is 4.74 Å². The fourth-order valence-corrected chi connectivity index (χ4v) is 4.35. The quantitative estimate of drug-likeness (QED) is 0.779. The van der Waals surface area contributed by atoms with Crippen molar-refractivity contribution in [1.29, 1.82) is 0 Å². The van der Waals surface area contributed by atoms with Gasteiger partial charge in [0.25, 0.3) is 0 Å². The summed E-state index contributed by atoms with van der Waals surface area (Å²) in [6.07, 6.45) is 10.9. The lowest BCUT2D eigenvalue weighted by Gasteiger charge is -2.47. The monoisotopic (exact) mass is 282 g/mol. The van der Waals surface area contributed by atoms with Gasteiger partial charge in [-0.3, -0.25) is 4.90 Å². The molecule has 0 spiro atoms. The average molecular weight is 282 g/mol. The number of hydrogen-bond acceptors (Lipinski definition) is 3. The van der Waals surface area contributed by atoms with Gasteiger partial charge in [0.1, 0.15) is 0 Å². The van der Waals surface area contributed by atoms with Crippen molar-refractivity contribution in [2.24, 2.45) is 11.7 Å². The first-order valence-corrected chi connectivity index (χ1v) is 8.77. The maximum Gasteiger partial charge on any atom is 0.0576 e. The van der Waals surface area contributed by atoms with Gasteiger partial charge >= 0.3 is 0 Å². The maximum atomic E-state index is 6.20. The van der Waals surface area contributed by atoms with Gasteiger partial charge in [0.2, 0.25) is 0 Å². The normalized spacial score (nSPS) is 34.8. The zero-order valence-electron chi connectivity index (χ0n) is 13.6. The van der Waals surface area contributed by atoms with Crippen LogP contribution in [-0.4, -0.2) is 42.8 Å². The number of nitrogens with zero attached hydrogens (tertiary/aromatic N) is 1. The predicted molar refractivity (Wildman–Crippen MR) is 84.9 cm³/mol. The fraction of sp³-hybridized carbons (Fsp3) is 1.00. The van der Waals surface area contributed by atoms with Crippen LogP contribution in [0.5, 0.6) is 0 Å². The highest BCUT2D eigenvalue weighted by atomic mass is 16.5. The first-order valence-electron chi connectivity index (χ1n) is 8.77. The molecule has 2 fully saturated rings. The molecule has 0 aromatic heterocycles. The van der Waals surface area contributed by atoms with E-state index in [-0.39, 0.29) is 5.54 Å². The molecule has 0 radical (unpaired) electrons. The molecule has 20 heavy (non-hydrogen) atoms. The van der Waals surface area contributed by atoms with Crippen LogP contribution in [-0.2, 0) is 4.74 Å². The van der Waals surface area contributed by atoms with E-state index in [9.17, 15) is 0 Å². The number of ether oxygens (including phenoxy) is 1. The van der Waals surface area contributed by atoms with Crippen molar-refractivity contribution in [3.63, 3.8) is 0 Å². The van der Waals surface area contributed by atoms with Gasteiger partial charge in [-0.2, -0.15) is 0 Å². The summed E-state index contributed by atoms with van der Waals surface area (Å²) in [6, 6.07) is 0. The Hall–Kier alpha value is -0.120. The van der Waals surface area contributed by atoms with Crippen molar-refractivity contribution in [3.05, 3.63) is 0 Å². The van der Waals surface area contributed by atoms with Crippen LogP contribution in [0.4, 0.5) is 0 Å². The SMILES string of the molecule is CCN(CCCC1CCCO1)C1(CN)CCCC(C)C1. The van der Waals surface area contributed by atoms with Gasteiger partial charge in [-0.25, -0.2) is 0 Å². The highest BCUT2D eigenvalue weighted by Crippen LogP contribution is 2.36. The molecule has 0 bridgehead atoms. The van der Waals surface area contributed by atoms with Crippen LogP contribution in [0.25, 0.3) is 0 Å². The lowest BCUT2D eigenvalue weighted by molar-refractivity contribution is 0.0361. The molecule has 1 saturated heterocycles. The predicted octanol–water partition coefficient (Wildman–Crippen LogP) is 3.18. The minimum Gasteiger partial charge on any atom is -0.378 e. The topological polar surface area (TPSA) is 38.5 Å². The zero-order valence-corrected chi connectivity index (χ0v) is 13.6. The molecule has 1 aliphatic heterocycles. The van der Waals surface area contributed by atoms with Crippen molar-refractivity contribution in [2.45, 2.75) is 76.9 Å². The van der Waals surface area contributed by atoms with Crippen LogP contribution in [0.15, 0.2) is 0 Å². The van der Waals surface area contributed by atoms with Gasteiger partial charge in [-0.15, -0.1) is 0 Å². The van der Waals surface area contributed by atoms with Crippen LogP contribution in [0.3, 0.4) is 0 Å². The summed E-state index contributed by atoms with van der Waals surface area (Å²) in [7, 11) is 0. The van der Waals surface area contributed by atoms with E-state index in [4.69, 9.17) is 10.5 Å². The summed E-state index contributed by atoms with van der Waals surface area (Å²) in [5, 5.41) is 0. The standard InChI is InChI=1S/C17H34N2O/c1-3-19(11-5-8-16-9-6-12-20-16)17(14-18)10-4-7-15(2)13-17/h15-16H,3-14,18H2,1-2H3. The van der Waals surface area contributed by atoms with Gasteiger partial charge in [-0.1, -0.05) is 26.7 Å². The Bertz CT molecular complexity index is 278. The molecule has 1 saturated carbocycles. The second-order valence-electron chi connectivity index (χ2n) is 6.99. The molecular formula is C17H34N2O. The minimum absolute atomic E-state index is 0.281. The molecule has 0 aromatic rings. The second kappa shape index (κ2) is 7.77. The second-order valence-corrected chi connectivity index (χ2v) is 6.99. The van der Waals surface area contributed by atoms with E-state index in [1.807, 2.05) is 0 Å². The number of likely N-dealkylation sites (N-methyl/N-ethyl adjacent to an activating group) is 1. The Morgan fingerprint density at radius 1 is 1.30 bits per heavy atom. The van der Waals surface area contributed by atoms with Crippen molar-refractivity contribution in [1.82, 2.24) is 4.90 Å². The Morgan fingerprint density at radius 3 is 2.75 bits per heavy atom. The van der Waals surface area contributed by atoms with Gasteiger partial charge in [0.05, 0.1) is 6.10 Å². The summed E-state index contributed by atoms with van der Waals surface area (Å²) in [5.41, 5.74) is 6.49. The molecule has 3 unspecified atom stereocenters. The molecule has 2 N–H and O–H groups in total. The molecular weight excluding hydrogens is 248 g/mol. The Kier molecular flexibility index (Phi) is 6.31. The van der Waals surface area contributed by atoms with Crippen molar-refractivity contribution >= 4 is 0 Å². The molecule has 3 nitrogen and oxygen atoms in total. The van der Waals surface area contributed by atoms with Gasteiger partial charge in [-0.05, 0) is 57.5 Å². The number of nitrogens with two attached hydrogens (primary N) is 1. The highest BCUT2D eigenvalue weighted by Gasteiger charge is 2.38. The van der Waals surface area contributed by atoms with Crippen LogP contribution in [0.1, 0.15) is 65.2 Å². The fourth-order valence-electron chi connectivity index (χ4n) is 4.35. The summed E-state index contributed by atoms with van der Waals surface area (Å²) in [5.74, 6) is 0.833. The van der Waals surface area contributed by atoms with E-state index < -0.39 is 0 Å². The van der Waals surface area contributed by atoms with Crippen LogP contribution < -0.4 is 5.73 Å². The first kappa shape index (κ1) is 16.3. The largest absolute Gasteiger partial charge is 0.378 e. The third-order valence-corrected chi connectivity index (χ3v) is 5.48. The molecule has 0 amide bonds. The van der Waals surface area contributed by atoms with Crippen molar-refractivity contribution in [3.8, 4) is 0 Å². The van der Waals surface area contributed by atoms with Gasteiger partial charge in [0.15, 0.2) is 0 Å². The molecule has 0 aromatic carbocycles. The lowest BCUT2D eigenvalue weighted by atomic mass is 9.75. The third-order valence-electron chi connectivity index (χ3n) is 5.48. The highest BCUT2D eigenvalue weighted by molar-refractivity contribution is 4.95. The molecule has 3 heteroatoms. The van der Waals surface area contributed by atoms with Crippen LogP contribution in [0, 0.1) is 5.92 Å². The molecule has 3 atom stereocenters. The summed E-state index contributed by atoms with van der Waals surface area (Å²) in [4.78, 5) is 2.68. The summed E-state index contributed by atoms with van der Waals surface area (Å²) >= 11 is 0. The average Bonchev–Trinajstić information content (AvgIpc) is 2.96. The van der Waals surface area contributed by atoms with Gasteiger partial charge in [0, 0.05) is 18.7 Å². The lowest BCUT2D eigenvalue weighted by Crippen LogP contribution is -2.56. The molecule has 1 aliphatic carbocycles. The van der Waals surface area contributed by atoms with Gasteiger partial charge < -0.3 is 10.5 Å². The summed E-state index contributed by atoms with van der Waals surface area (Å²) in [6.45, 7) is 8.82. The third kappa shape index (κ3) is 3.96. The number of rotatable bonds is 7. The van der Waals surface area contributed by atoms with E-state index >= 15 is 0 Å². The Balaban J connectivity index is 1.84. The molecule has 118 valence electrons. The van der Waals surface area contributed by atoms with E-state index in [2.05, 4.69) is 18.7 Å². The molecule has 2 rings (SSSR count). The van der Waals surface area contributed by atoms with Crippen LogP contribution >= 0.6 is 0 Å².